The number of benzene rings is 2. The topological polar surface area (TPSA) is 82.8 Å². The zero-order valence-electron chi connectivity index (χ0n) is 14.4. The number of hydrogen-bond donors (Lipinski definition) is 2. The number of ether oxygens (including phenoxy) is 3. The van der Waals surface area contributed by atoms with E-state index in [1.807, 2.05) is 30.3 Å². The molecule has 25 heavy (non-hydrogen) atoms. The Morgan fingerprint density at radius 2 is 1.96 bits per heavy atom. The van der Waals surface area contributed by atoms with E-state index in [0.717, 1.165) is 11.1 Å². The molecule has 2 aromatic rings. The standard InChI is InChI=1S/C19H22N2O4/c1-12-5-3-4-6-15(12)10-23-16-8-7-14(9-21-13(2)19(20)22)17-18(16)25-11-24-17/h3-8,13,21H,9-11H2,1-2H3,(H2,20,22). The molecule has 1 aliphatic rings. The van der Waals surface area contributed by atoms with Crippen LogP contribution in [0.5, 0.6) is 17.2 Å². The molecule has 3 rings (SSSR count). The third-order valence-electron chi connectivity index (χ3n) is 4.23. The number of hydrogen-bond acceptors (Lipinski definition) is 5. The fourth-order valence-corrected chi connectivity index (χ4v) is 2.57. The van der Waals surface area contributed by atoms with Crippen LogP contribution in [0, 0.1) is 6.92 Å². The van der Waals surface area contributed by atoms with Gasteiger partial charge in [0.1, 0.15) is 6.61 Å². The molecule has 132 valence electrons. The molecule has 0 radical (unpaired) electrons. The number of nitrogens with two attached hydrogens (primary N) is 1. The normalized spacial score (nSPS) is 13.5. The molecular weight excluding hydrogens is 320 g/mol. The van der Waals surface area contributed by atoms with E-state index in [-0.39, 0.29) is 6.79 Å². The number of fused-ring (bicyclic) bond motifs is 1. The summed E-state index contributed by atoms with van der Waals surface area (Å²) in [5, 5.41) is 3.06. The molecule has 0 saturated heterocycles. The Hall–Kier alpha value is -2.73. The first-order chi connectivity index (χ1) is 12.1. The number of amides is 1. The van der Waals surface area contributed by atoms with Gasteiger partial charge in [-0.3, -0.25) is 4.79 Å². The van der Waals surface area contributed by atoms with E-state index in [4.69, 9.17) is 19.9 Å². The van der Waals surface area contributed by atoms with E-state index in [0.29, 0.717) is 30.4 Å². The first-order valence-corrected chi connectivity index (χ1v) is 8.17. The second kappa shape index (κ2) is 7.44. The number of aryl methyl sites for hydroxylation is 1. The molecule has 1 heterocycles. The monoisotopic (exact) mass is 342 g/mol. The largest absolute Gasteiger partial charge is 0.485 e. The SMILES string of the molecule is Cc1ccccc1COc1ccc(CNC(C)C(N)=O)c2c1OCO2. The maximum Gasteiger partial charge on any atom is 0.234 e. The average molecular weight is 342 g/mol. The lowest BCUT2D eigenvalue weighted by Gasteiger charge is -2.14. The maximum absolute atomic E-state index is 11.1. The highest BCUT2D eigenvalue weighted by Gasteiger charge is 2.23. The Bertz CT molecular complexity index is 776. The zero-order chi connectivity index (χ0) is 17.8. The molecule has 0 bridgehead atoms. The van der Waals surface area contributed by atoms with Gasteiger partial charge >= 0.3 is 0 Å². The van der Waals surface area contributed by atoms with Crippen molar-refractivity contribution in [3.05, 3.63) is 53.1 Å². The number of rotatable bonds is 7. The van der Waals surface area contributed by atoms with Crippen molar-refractivity contribution in [1.29, 1.82) is 0 Å². The van der Waals surface area contributed by atoms with Crippen LogP contribution in [0.1, 0.15) is 23.6 Å². The van der Waals surface area contributed by atoms with E-state index in [1.165, 1.54) is 5.56 Å². The highest BCUT2D eigenvalue weighted by Crippen LogP contribution is 2.43. The fraction of sp³-hybridized carbons (Fsp3) is 0.316. The van der Waals surface area contributed by atoms with Gasteiger partial charge < -0.3 is 25.3 Å². The van der Waals surface area contributed by atoms with Gasteiger partial charge in [0.25, 0.3) is 0 Å². The fourth-order valence-electron chi connectivity index (χ4n) is 2.57. The summed E-state index contributed by atoms with van der Waals surface area (Å²) in [5.41, 5.74) is 8.46. The molecule has 0 aromatic heterocycles. The predicted octanol–water partition coefficient (Wildman–Crippen LogP) is 2.27. The van der Waals surface area contributed by atoms with Crippen LogP contribution in [0.2, 0.25) is 0 Å². The van der Waals surface area contributed by atoms with Crippen LogP contribution in [0.25, 0.3) is 0 Å². The summed E-state index contributed by atoms with van der Waals surface area (Å²) in [6, 6.07) is 11.4. The van der Waals surface area contributed by atoms with Gasteiger partial charge in [0.15, 0.2) is 11.5 Å². The number of carbonyl (C=O) groups is 1. The van der Waals surface area contributed by atoms with Gasteiger partial charge in [0, 0.05) is 12.1 Å². The van der Waals surface area contributed by atoms with Gasteiger partial charge in [0.2, 0.25) is 18.4 Å². The molecule has 0 aliphatic carbocycles. The number of primary amides is 1. The summed E-state index contributed by atoms with van der Waals surface area (Å²) >= 11 is 0. The van der Waals surface area contributed by atoms with E-state index in [9.17, 15) is 4.79 Å². The molecular formula is C19H22N2O4. The molecule has 2 aromatic carbocycles. The summed E-state index contributed by atoms with van der Waals surface area (Å²) in [6.07, 6.45) is 0. The van der Waals surface area contributed by atoms with Gasteiger partial charge in [-0.2, -0.15) is 0 Å². The lowest BCUT2D eigenvalue weighted by atomic mass is 10.1. The lowest BCUT2D eigenvalue weighted by Crippen LogP contribution is -2.38. The Morgan fingerprint density at radius 1 is 1.20 bits per heavy atom. The van der Waals surface area contributed by atoms with Gasteiger partial charge in [0.05, 0.1) is 6.04 Å². The van der Waals surface area contributed by atoms with Gasteiger partial charge in [-0.25, -0.2) is 0 Å². The molecule has 1 unspecified atom stereocenters. The molecule has 1 amide bonds. The van der Waals surface area contributed by atoms with E-state index >= 15 is 0 Å². The summed E-state index contributed by atoms with van der Waals surface area (Å²) in [7, 11) is 0. The van der Waals surface area contributed by atoms with Gasteiger partial charge in [-0.1, -0.05) is 30.3 Å². The van der Waals surface area contributed by atoms with Crippen molar-refractivity contribution in [2.75, 3.05) is 6.79 Å². The highest BCUT2D eigenvalue weighted by molar-refractivity contribution is 5.79. The first kappa shape index (κ1) is 17.1. The van der Waals surface area contributed by atoms with Crippen molar-refractivity contribution in [1.82, 2.24) is 5.32 Å². The van der Waals surface area contributed by atoms with E-state index < -0.39 is 11.9 Å². The first-order valence-electron chi connectivity index (χ1n) is 8.17. The minimum absolute atomic E-state index is 0.151. The van der Waals surface area contributed by atoms with Gasteiger partial charge in [-0.05, 0) is 31.0 Å². The van der Waals surface area contributed by atoms with Gasteiger partial charge in [-0.15, -0.1) is 0 Å². The van der Waals surface area contributed by atoms with Crippen molar-refractivity contribution in [2.45, 2.75) is 33.0 Å². The quantitative estimate of drug-likeness (QED) is 0.806. The smallest absolute Gasteiger partial charge is 0.234 e. The van der Waals surface area contributed by atoms with E-state index in [2.05, 4.69) is 18.3 Å². The zero-order valence-corrected chi connectivity index (χ0v) is 14.4. The molecule has 1 aliphatic heterocycles. The second-order valence-corrected chi connectivity index (χ2v) is 6.01. The molecule has 0 fully saturated rings. The summed E-state index contributed by atoms with van der Waals surface area (Å²) < 4.78 is 17.1. The molecule has 0 spiro atoms. The second-order valence-electron chi connectivity index (χ2n) is 6.01. The Morgan fingerprint density at radius 3 is 2.72 bits per heavy atom. The summed E-state index contributed by atoms with van der Waals surface area (Å²) in [5.74, 6) is 1.49. The minimum atomic E-state index is -0.421. The van der Waals surface area contributed by atoms with Crippen LogP contribution in [0.15, 0.2) is 36.4 Å². The minimum Gasteiger partial charge on any atom is -0.485 e. The Kier molecular flexibility index (Phi) is 5.09. The van der Waals surface area contributed by atoms with Crippen LogP contribution >= 0.6 is 0 Å². The predicted molar refractivity (Wildman–Crippen MR) is 93.6 cm³/mol. The number of carbonyl (C=O) groups excluding carboxylic acids is 1. The van der Waals surface area contributed by atoms with Crippen LogP contribution in [-0.4, -0.2) is 18.7 Å². The lowest BCUT2D eigenvalue weighted by molar-refractivity contribution is -0.119. The van der Waals surface area contributed by atoms with Crippen molar-refractivity contribution < 1.29 is 19.0 Å². The molecule has 0 saturated carbocycles. The average Bonchev–Trinajstić information content (AvgIpc) is 3.09. The van der Waals surface area contributed by atoms with Crippen molar-refractivity contribution in [2.24, 2.45) is 5.73 Å². The van der Waals surface area contributed by atoms with Crippen molar-refractivity contribution in [3.63, 3.8) is 0 Å². The molecule has 6 nitrogen and oxygen atoms in total. The Labute approximate surface area is 146 Å². The van der Waals surface area contributed by atoms with Crippen LogP contribution in [0.3, 0.4) is 0 Å². The van der Waals surface area contributed by atoms with Crippen molar-refractivity contribution in [3.8, 4) is 17.2 Å². The van der Waals surface area contributed by atoms with Crippen LogP contribution in [-0.2, 0) is 17.9 Å². The Balaban J connectivity index is 1.73. The molecule has 6 heteroatoms. The third-order valence-corrected chi connectivity index (χ3v) is 4.23. The highest BCUT2D eigenvalue weighted by atomic mass is 16.7. The maximum atomic E-state index is 11.1. The number of nitrogens with one attached hydrogen (secondary N) is 1. The molecule has 1 atom stereocenters. The van der Waals surface area contributed by atoms with Crippen LogP contribution < -0.4 is 25.3 Å². The van der Waals surface area contributed by atoms with Crippen molar-refractivity contribution >= 4 is 5.91 Å². The third kappa shape index (κ3) is 3.85. The van der Waals surface area contributed by atoms with E-state index in [1.54, 1.807) is 6.92 Å². The van der Waals surface area contributed by atoms with Crippen LogP contribution in [0.4, 0.5) is 0 Å². The molecule has 3 N–H and O–H groups in total. The summed E-state index contributed by atoms with van der Waals surface area (Å²) in [4.78, 5) is 11.1. The summed E-state index contributed by atoms with van der Waals surface area (Å²) in [6.45, 7) is 4.84.